The number of nitrogens with zero attached hydrogens (tertiary/aromatic N) is 1. The van der Waals surface area contributed by atoms with Gasteiger partial charge < -0.3 is 5.11 Å². The average Bonchev–Trinajstić information content (AvgIpc) is 2.11. The number of benzene rings is 1. The Morgan fingerprint density at radius 1 is 1.40 bits per heavy atom. The van der Waals surface area contributed by atoms with Crippen molar-refractivity contribution >= 4 is 5.97 Å². The topological polar surface area (TPSA) is 40.5 Å². The molecule has 3 nitrogen and oxygen atoms in total. The fraction of sp³-hybridized carbons (Fsp3) is 0.300. The number of halogens is 2. The molecule has 0 saturated carbocycles. The predicted octanol–water partition coefficient (Wildman–Crippen LogP) is 1.65. The summed E-state index contributed by atoms with van der Waals surface area (Å²) in [5.74, 6) is -3.37. The molecule has 0 radical (unpaired) electrons. The van der Waals surface area contributed by atoms with Gasteiger partial charge in [-0.05, 0) is 20.2 Å². The fourth-order valence-electron chi connectivity index (χ4n) is 1.36. The van der Waals surface area contributed by atoms with E-state index in [1.54, 1.807) is 0 Å². The Balaban J connectivity index is 3.23. The van der Waals surface area contributed by atoms with Crippen LogP contribution >= 0.6 is 0 Å². The van der Waals surface area contributed by atoms with Crippen molar-refractivity contribution in [3.8, 4) is 0 Å². The monoisotopic (exact) mass is 215 g/mol. The molecule has 5 heteroatoms. The Morgan fingerprint density at radius 2 is 2.00 bits per heavy atom. The van der Waals surface area contributed by atoms with E-state index in [1.807, 2.05) is 0 Å². The highest BCUT2D eigenvalue weighted by Crippen LogP contribution is 2.23. The number of carboxylic acids is 1. The molecule has 1 aromatic rings. The van der Waals surface area contributed by atoms with Gasteiger partial charge in [0.25, 0.3) is 0 Å². The van der Waals surface area contributed by atoms with Crippen molar-refractivity contribution in [3.05, 3.63) is 35.4 Å². The highest BCUT2D eigenvalue weighted by Gasteiger charge is 2.26. The lowest BCUT2D eigenvalue weighted by atomic mass is 10.1. The number of rotatable bonds is 3. The zero-order chi connectivity index (χ0) is 11.6. The van der Waals surface area contributed by atoms with E-state index in [0.29, 0.717) is 0 Å². The molecular formula is C10H11F2NO2. The van der Waals surface area contributed by atoms with Crippen molar-refractivity contribution in [3.63, 3.8) is 0 Å². The first kappa shape index (κ1) is 11.6. The normalized spacial score (nSPS) is 12.9. The van der Waals surface area contributed by atoms with E-state index in [4.69, 9.17) is 5.11 Å². The summed E-state index contributed by atoms with van der Waals surface area (Å²) >= 11 is 0. The maximum Gasteiger partial charge on any atom is 0.325 e. The second-order valence-electron chi connectivity index (χ2n) is 3.35. The van der Waals surface area contributed by atoms with Crippen LogP contribution in [0.1, 0.15) is 11.6 Å². The molecule has 0 aliphatic carbocycles. The summed E-state index contributed by atoms with van der Waals surface area (Å²) in [4.78, 5) is 12.2. The SMILES string of the molecule is CN(C)[C@@H](C(=O)O)c1cccc(F)c1F. The van der Waals surface area contributed by atoms with Gasteiger partial charge in [-0.2, -0.15) is 0 Å². The Morgan fingerprint density at radius 3 is 2.47 bits per heavy atom. The molecule has 1 rings (SSSR count). The zero-order valence-electron chi connectivity index (χ0n) is 8.37. The lowest BCUT2D eigenvalue weighted by molar-refractivity contribution is -0.142. The van der Waals surface area contributed by atoms with E-state index in [0.717, 1.165) is 6.07 Å². The first-order chi connectivity index (χ1) is 6.95. The lowest BCUT2D eigenvalue weighted by Crippen LogP contribution is -2.28. The molecule has 1 atom stereocenters. The van der Waals surface area contributed by atoms with Crippen LogP contribution in [0.15, 0.2) is 18.2 Å². The smallest absolute Gasteiger partial charge is 0.325 e. The number of hydrogen-bond acceptors (Lipinski definition) is 2. The van der Waals surface area contributed by atoms with E-state index < -0.39 is 23.6 Å². The molecule has 1 N–H and O–H groups in total. The van der Waals surface area contributed by atoms with Crippen LogP contribution in [0.5, 0.6) is 0 Å². The summed E-state index contributed by atoms with van der Waals surface area (Å²) in [6.07, 6.45) is 0. The van der Waals surface area contributed by atoms with Crippen LogP contribution in [0.25, 0.3) is 0 Å². The van der Waals surface area contributed by atoms with Crippen LogP contribution in [0.3, 0.4) is 0 Å². The molecule has 0 unspecified atom stereocenters. The molecule has 0 heterocycles. The Bertz CT molecular complexity index is 380. The van der Waals surface area contributed by atoms with Crippen LogP contribution in [0.2, 0.25) is 0 Å². The lowest BCUT2D eigenvalue weighted by Gasteiger charge is -2.20. The Kier molecular flexibility index (Phi) is 3.36. The second-order valence-corrected chi connectivity index (χ2v) is 3.35. The summed E-state index contributed by atoms with van der Waals surface area (Å²) in [6, 6.07) is 2.32. The van der Waals surface area contributed by atoms with Crippen LogP contribution < -0.4 is 0 Å². The van der Waals surface area contributed by atoms with Gasteiger partial charge in [0.15, 0.2) is 11.6 Å². The van der Waals surface area contributed by atoms with Gasteiger partial charge >= 0.3 is 5.97 Å². The molecule has 0 saturated heterocycles. The largest absolute Gasteiger partial charge is 0.480 e. The first-order valence-electron chi connectivity index (χ1n) is 4.28. The first-order valence-corrected chi connectivity index (χ1v) is 4.28. The van der Waals surface area contributed by atoms with Gasteiger partial charge in [-0.15, -0.1) is 0 Å². The molecule has 0 amide bonds. The second kappa shape index (κ2) is 4.35. The van der Waals surface area contributed by atoms with Crippen LogP contribution in [0.4, 0.5) is 8.78 Å². The fourth-order valence-corrected chi connectivity index (χ4v) is 1.36. The Labute approximate surface area is 85.9 Å². The minimum absolute atomic E-state index is 0.174. The summed E-state index contributed by atoms with van der Waals surface area (Å²) in [7, 11) is 2.98. The van der Waals surface area contributed by atoms with Crippen molar-refractivity contribution < 1.29 is 18.7 Å². The van der Waals surface area contributed by atoms with Gasteiger partial charge in [-0.1, -0.05) is 12.1 Å². The highest BCUT2D eigenvalue weighted by atomic mass is 19.2. The van der Waals surface area contributed by atoms with Crippen LogP contribution in [-0.4, -0.2) is 30.1 Å². The minimum atomic E-state index is -1.22. The standard InChI is InChI=1S/C10H11F2NO2/c1-13(2)9(10(14)15)6-4-3-5-7(11)8(6)12/h3-5,9H,1-2H3,(H,14,15)/t9-/m1/s1. The third-order valence-corrected chi connectivity index (χ3v) is 2.03. The van der Waals surface area contributed by atoms with E-state index in [-0.39, 0.29) is 5.56 Å². The quantitative estimate of drug-likeness (QED) is 0.833. The number of likely N-dealkylation sites (N-methyl/N-ethyl adjacent to an activating group) is 1. The van der Waals surface area contributed by atoms with Gasteiger partial charge in [0.1, 0.15) is 6.04 Å². The van der Waals surface area contributed by atoms with Gasteiger partial charge in [0.2, 0.25) is 0 Å². The summed E-state index contributed by atoms with van der Waals surface area (Å²) in [6.45, 7) is 0. The molecule has 0 fully saturated rings. The number of carboxylic acid groups (broad SMARTS) is 1. The molecule has 0 aliphatic heterocycles. The summed E-state index contributed by atoms with van der Waals surface area (Å²) in [5.41, 5.74) is -0.174. The van der Waals surface area contributed by atoms with E-state index >= 15 is 0 Å². The highest BCUT2D eigenvalue weighted by molar-refractivity contribution is 5.75. The van der Waals surface area contributed by atoms with E-state index in [2.05, 4.69) is 0 Å². The molecule has 0 spiro atoms. The predicted molar refractivity (Wildman–Crippen MR) is 50.4 cm³/mol. The van der Waals surface area contributed by atoms with E-state index in [9.17, 15) is 13.6 Å². The maximum absolute atomic E-state index is 13.3. The molecule has 0 aliphatic rings. The third kappa shape index (κ3) is 2.30. The molecule has 82 valence electrons. The third-order valence-electron chi connectivity index (χ3n) is 2.03. The van der Waals surface area contributed by atoms with E-state index in [1.165, 1.54) is 31.1 Å². The van der Waals surface area contributed by atoms with Gasteiger partial charge in [-0.25, -0.2) is 8.78 Å². The molecular weight excluding hydrogens is 204 g/mol. The van der Waals surface area contributed by atoms with Crippen LogP contribution in [-0.2, 0) is 4.79 Å². The number of carbonyl (C=O) groups is 1. The Hall–Kier alpha value is -1.49. The minimum Gasteiger partial charge on any atom is -0.480 e. The van der Waals surface area contributed by atoms with Gasteiger partial charge in [-0.3, -0.25) is 9.69 Å². The van der Waals surface area contributed by atoms with Crippen molar-refractivity contribution in [2.24, 2.45) is 0 Å². The molecule has 0 aromatic heterocycles. The summed E-state index contributed by atoms with van der Waals surface area (Å²) in [5, 5.41) is 8.88. The van der Waals surface area contributed by atoms with Crippen molar-refractivity contribution in [2.75, 3.05) is 14.1 Å². The van der Waals surface area contributed by atoms with Gasteiger partial charge in [0.05, 0.1) is 0 Å². The van der Waals surface area contributed by atoms with Crippen molar-refractivity contribution in [1.29, 1.82) is 0 Å². The maximum atomic E-state index is 13.3. The van der Waals surface area contributed by atoms with Crippen molar-refractivity contribution in [2.45, 2.75) is 6.04 Å². The average molecular weight is 215 g/mol. The van der Waals surface area contributed by atoms with Gasteiger partial charge in [0, 0.05) is 5.56 Å². The number of hydrogen-bond donors (Lipinski definition) is 1. The van der Waals surface area contributed by atoms with Crippen molar-refractivity contribution in [1.82, 2.24) is 4.90 Å². The molecule has 0 bridgehead atoms. The molecule has 15 heavy (non-hydrogen) atoms. The molecule has 1 aromatic carbocycles. The number of aliphatic carboxylic acids is 1. The summed E-state index contributed by atoms with van der Waals surface area (Å²) < 4.78 is 26.2. The zero-order valence-corrected chi connectivity index (χ0v) is 8.37. The van der Waals surface area contributed by atoms with Crippen LogP contribution in [0, 0.1) is 11.6 Å².